The van der Waals surface area contributed by atoms with Gasteiger partial charge in [0.05, 0.1) is 28.6 Å². The van der Waals surface area contributed by atoms with Gasteiger partial charge in [-0.15, -0.1) is 0 Å². The third-order valence-corrected chi connectivity index (χ3v) is 6.46. The summed E-state index contributed by atoms with van der Waals surface area (Å²) in [4.78, 5) is 2.38. The zero-order chi connectivity index (χ0) is 19.8. The summed E-state index contributed by atoms with van der Waals surface area (Å²) in [6.45, 7) is 0.628. The lowest BCUT2D eigenvalue weighted by Crippen LogP contribution is -2.16. The lowest BCUT2D eigenvalue weighted by Gasteiger charge is -2.19. The normalized spacial score (nSPS) is 13.2. The van der Waals surface area contributed by atoms with E-state index < -0.39 is 10.0 Å². The standard InChI is InChI=1S/C23H19N3O2S/c27-29(28,21-8-2-1-3-9-21)25-19-11-13-22-23(15-19)26(16-24-22)20-12-10-17-6-4-5-7-18(17)14-20/h1-15,24-25H,16H2. The molecule has 0 atom stereocenters. The van der Waals surface area contributed by atoms with Gasteiger partial charge in [0.25, 0.3) is 10.0 Å². The van der Waals surface area contributed by atoms with Gasteiger partial charge in [0.15, 0.2) is 0 Å². The Morgan fingerprint density at radius 3 is 2.38 bits per heavy atom. The Balaban J connectivity index is 1.49. The van der Waals surface area contributed by atoms with Gasteiger partial charge in [0.1, 0.15) is 0 Å². The van der Waals surface area contributed by atoms with Crippen molar-refractivity contribution in [3.8, 4) is 0 Å². The minimum absolute atomic E-state index is 0.241. The van der Waals surface area contributed by atoms with Gasteiger partial charge in [0, 0.05) is 5.69 Å². The molecule has 0 spiro atoms. The maximum Gasteiger partial charge on any atom is 0.261 e. The quantitative estimate of drug-likeness (QED) is 0.496. The molecule has 1 aliphatic heterocycles. The molecule has 1 aliphatic rings. The van der Waals surface area contributed by atoms with E-state index in [0.29, 0.717) is 12.4 Å². The number of fused-ring (bicyclic) bond motifs is 2. The minimum atomic E-state index is -3.63. The molecular weight excluding hydrogens is 382 g/mol. The van der Waals surface area contributed by atoms with Gasteiger partial charge in [0.2, 0.25) is 0 Å². The van der Waals surface area contributed by atoms with Crippen LogP contribution in [0.1, 0.15) is 0 Å². The van der Waals surface area contributed by atoms with Crippen molar-refractivity contribution in [1.82, 2.24) is 0 Å². The van der Waals surface area contributed by atoms with Crippen LogP contribution in [0, 0.1) is 0 Å². The first-order chi connectivity index (χ1) is 14.1. The highest BCUT2D eigenvalue weighted by Crippen LogP contribution is 2.39. The van der Waals surface area contributed by atoms with E-state index in [0.717, 1.165) is 17.1 Å². The van der Waals surface area contributed by atoms with E-state index in [4.69, 9.17) is 0 Å². The summed E-state index contributed by atoms with van der Waals surface area (Å²) < 4.78 is 28.0. The molecular formula is C23H19N3O2S. The molecule has 0 aliphatic carbocycles. The van der Waals surface area contributed by atoms with Crippen LogP contribution in [0.5, 0.6) is 0 Å². The van der Waals surface area contributed by atoms with Crippen molar-refractivity contribution in [2.24, 2.45) is 0 Å². The second kappa shape index (κ2) is 6.83. The molecule has 0 saturated heterocycles. The number of sulfonamides is 1. The molecule has 0 unspecified atom stereocenters. The fourth-order valence-electron chi connectivity index (χ4n) is 3.61. The average Bonchev–Trinajstić information content (AvgIpc) is 3.17. The lowest BCUT2D eigenvalue weighted by molar-refractivity contribution is 0.601. The molecule has 0 fully saturated rings. The molecule has 29 heavy (non-hydrogen) atoms. The SMILES string of the molecule is O=S(=O)(Nc1ccc2c(c1)N(c1ccc3ccccc3c1)CN2)c1ccccc1. The molecule has 1 heterocycles. The Morgan fingerprint density at radius 2 is 1.55 bits per heavy atom. The van der Waals surface area contributed by atoms with E-state index in [2.05, 4.69) is 45.3 Å². The Bertz CT molecular complexity index is 1300. The largest absolute Gasteiger partial charge is 0.366 e. The van der Waals surface area contributed by atoms with Crippen LogP contribution in [-0.4, -0.2) is 15.1 Å². The summed E-state index contributed by atoms with van der Waals surface area (Å²) in [6.07, 6.45) is 0. The van der Waals surface area contributed by atoms with E-state index in [1.165, 1.54) is 10.8 Å². The molecule has 4 aromatic rings. The highest BCUT2D eigenvalue weighted by Gasteiger charge is 2.22. The van der Waals surface area contributed by atoms with Crippen LogP contribution in [-0.2, 0) is 10.0 Å². The number of rotatable bonds is 4. The molecule has 0 saturated carbocycles. The Morgan fingerprint density at radius 1 is 0.793 bits per heavy atom. The van der Waals surface area contributed by atoms with Gasteiger partial charge < -0.3 is 10.2 Å². The van der Waals surface area contributed by atoms with Crippen molar-refractivity contribution >= 4 is 43.5 Å². The molecule has 6 heteroatoms. The fourth-order valence-corrected chi connectivity index (χ4v) is 4.68. The van der Waals surface area contributed by atoms with Crippen LogP contribution >= 0.6 is 0 Å². The highest BCUT2D eigenvalue weighted by atomic mass is 32.2. The van der Waals surface area contributed by atoms with Crippen LogP contribution in [0.15, 0.2) is 95.9 Å². The van der Waals surface area contributed by atoms with Crippen LogP contribution in [0.3, 0.4) is 0 Å². The van der Waals surface area contributed by atoms with Gasteiger partial charge in [-0.3, -0.25) is 4.72 Å². The summed E-state index contributed by atoms with van der Waals surface area (Å²) in [5.41, 5.74) is 3.49. The van der Waals surface area contributed by atoms with E-state index in [-0.39, 0.29) is 4.90 Å². The molecule has 144 valence electrons. The molecule has 4 aromatic carbocycles. The number of hydrogen-bond donors (Lipinski definition) is 2. The second-order valence-corrected chi connectivity index (χ2v) is 8.63. The van der Waals surface area contributed by atoms with Gasteiger partial charge in [-0.1, -0.05) is 48.5 Å². The summed E-state index contributed by atoms with van der Waals surface area (Å²) in [7, 11) is -3.63. The first-order valence-electron chi connectivity index (χ1n) is 9.32. The molecule has 2 N–H and O–H groups in total. The van der Waals surface area contributed by atoms with Crippen LogP contribution < -0.4 is 14.9 Å². The maximum absolute atomic E-state index is 12.7. The van der Waals surface area contributed by atoms with Crippen molar-refractivity contribution in [2.75, 3.05) is 21.6 Å². The summed E-state index contributed by atoms with van der Waals surface area (Å²) in [5, 5.41) is 5.72. The summed E-state index contributed by atoms with van der Waals surface area (Å²) in [6, 6.07) is 28.5. The number of nitrogens with zero attached hydrogens (tertiary/aromatic N) is 1. The third-order valence-electron chi connectivity index (χ3n) is 5.07. The topological polar surface area (TPSA) is 61.4 Å². The Hall–Kier alpha value is -3.51. The summed E-state index contributed by atoms with van der Waals surface area (Å²) >= 11 is 0. The molecule has 5 rings (SSSR count). The number of nitrogens with one attached hydrogen (secondary N) is 2. The van der Waals surface area contributed by atoms with Crippen molar-refractivity contribution in [1.29, 1.82) is 0 Å². The van der Waals surface area contributed by atoms with Crippen molar-refractivity contribution < 1.29 is 8.42 Å². The van der Waals surface area contributed by atoms with Gasteiger partial charge in [-0.25, -0.2) is 8.42 Å². The Labute approximate surface area is 169 Å². The maximum atomic E-state index is 12.7. The summed E-state index contributed by atoms with van der Waals surface area (Å²) in [5.74, 6) is 0. The van der Waals surface area contributed by atoms with Crippen molar-refractivity contribution in [3.63, 3.8) is 0 Å². The first-order valence-corrected chi connectivity index (χ1v) is 10.8. The minimum Gasteiger partial charge on any atom is -0.366 e. The highest BCUT2D eigenvalue weighted by molar-refractivity contribution is 7.92. The number of anilines is 4. The fraction of sp³-hybridized carbons (Fsp3) is 0.0435. The van der Waals surface area contributed by atoms with E-state index in [9.17, 15) is 8.42 Å². The predicted octanol–water partition coefficient (Wildman–Crippen LogP) is 5.16. The van der Waals surface area contributed by atoms with Crippen LogP contribution in [0.4, 0.5) is 22.7 Å². The van der Waals surface area contributed by atoms with Gasteiger partial charge in [-0.05, 0) is 53.2 Å². The number of benzene rings is 4. The monoisotopic (exact) mass is 401 g/mol. The predicted molar refractivity (Wildman–Crippen MR) is 118 cm³/mol. The first kappa shape index (κ1) is 17.6. The molecule has 5 nitrogen and oxygen atoms in total. The van der Waals surface area contributed by atoms with E-state index in [1.54, 1.807) is 36.4 Å². The van der Waals surface area contributed by atoms with Crippen molar-refractivity contribution in [2.45, 2.75) is 4.90 Å². The smallest absolute Gasteiger partial charge is 0.261 e. The van der Waals surface area contributed by atoms with Crippen molar-refractivity contribution in [3.05, 3.63) is 91.0 Å². The van der Waals surface area contributed by atoms with Crippen LogP contribution in [0.2, 0.25) is 0 Å². The molecule has 0 amide bonds. The van der Waals surface area contributed by atoms with Gasteiger partial charge in [-0.2, -0.15) is 0 Å². The lowest BCUT2D eigenvalue weighted by atomic mass is 10.1. The second-order valence-electron chi connectivity index (χ2n) is 6.94. The van der Waals surface area contributed by atoms with Crippen LogP contribution in [0.25, 0.3) is 10.8 Å². The number of hydrogen-bond acceptors (Lipinski definition) is 4. The molecule has 0 radical (unpaired) electrons. The molecule has 0 bridgehead atoms. The third kappa shape index (κ3) is 3.28. The zero-order valence-corrected chi connectivity index (χ0v) is 16.4. The Kier molecular flexibility index (Phi) is 4.14. The van der Waals surface area contributed by atoms with Gasteiger partial charge >= 0.3 is 0 Å². The zero-order valence-electron chi connectivity index (χ0n) is 15.5. The molecule has 0 aromatic heterocycles. The average molecular weight is 401 g/mol. The van der Waals surface area contributed by atoms with E-state index >= 15 is 0 Å². The van der Waals surface area contributed by atoms with E-state index in [1.807, 2.05) is 24.3 Å².